The first-order valence-electron chi connectivity index (χ1n) is 15.7. The van der Waals surface area contributed by atoms with Gasteiger partial charge >= 0.3 is 0 Å². The molecular weight excluding hydrogens is 572 g/mol. The number of hydrogen-bond donors (Lipinski definition) is 1. The summed E-state index contributed by atoms with van der Waals surface area (Å²) in [6, 6.07) is 9.47. The van der Waals surface area contributed by atoms with Crippen LogP contribution in [-0.4, -0.2) is 79.5 Å². The van der Waals surface area contributed by atoms with Crippen LogP contribution in [0.3, 0.4) is 0 Å². The monoisotopic (exact) mass is 618 g/mol. The van der Waals surface area contributed by atoms with Gasteiger partial charge in [-0.1, -0.05) is 20.8 Å². The van der Waals surface area contributed by atoms with E-state index in [1.807, 2.05) is 42.2 Å². The number of fused-ring (bicyclic) bond motifs is 2. The van der Waals surface area contributed by atoms with Crippen LogP contribution in [0.4, 0.5) is 0 Å². The quantitative estimate of drug-likeness (QED) is 0.209. The van der Waals surface area contributed by atoms with Crippen LogP contribution in [0.2, 0.25) is 0 Å². The molecule has 1 amide bonds. The van der Waals surface area contributed by atoms with Crippen LogP contribution in [-0.2, 0) is 14.3 Å². The van der Waals surface area contributed by atoms with Crippen molar-refractivity contribution in [3.8, 4) is 23.0 Å². The molecule has 2 aliphatic rings. The van der Waals surface area contributed by atoms with E-state index in [2.05, 4.69) is 35.7 Å². The third-order valence-corrected chi connectivity index (χ3v) is 8.85. The largest absolute Gasteiger partial charge is 0.493 e. The average molecular weight is 619 g/mol. The van der Waals surface area contributed by atoms with Gasteiger partial charge in [0.15, 0.2) is 11.5 Å². The maximum Gasteiger partial charge on any atom is 0.225 e. The number of nitrogens with zero attached hydrogens (tertiary/aromatic N) is 3. The van der Waals surface area contributed by atoms with Gasteiger partial charge < -0.3 is 33.6 Å². The molecule has 2 aliphatic heterocycles. The number of carbonyl (C=O) groups is 1. The summed E-state index contributed by atoms with van der Waals surface area (Å²) in [4.78, 5) is 26.8. The second-order valence-electron chi connectivity index (χ2n) is 12.9. The summed E-state index contributed by atoms with van der Waals surface area (Å²) in [6.45, 7) is 13.0. The van der Waals surface area contributed by atoms with Gasteiger partial charge in [-0.05, 0) is 55.9 Å². The Morgan fingerprint density at radius 2 is 1.84 bits per heavy atom. The molecule has 5 heterocycles. The van der Waals surface area contributed by atoms with Crippen LogP contribution in [0.15, 0.2) is 42.7 Å². The molecule has 0 bridgehead atoms. The van der Waals surface area contributed by atoms with E-state index in [4.69, 9.17) is 23.7 Å². The van der Waals surface area contributed by atoms with E-state index in [0.717, 1.165) is 67.9 Å². The van der Waals surface area contributed by atoms with Crippen LogP contribution < -0.4 is 14.2 Å². The lowest BCUT2D eigenvalue weighted by Gasteiger charge is -2.47. The SMILES string of the molecule is CCC(C)(C)COC.COc1cc2c(Oc3cnc4[nH]c(C)cc4c3)ccnc2cc1OCCC(=O)N1CCC2(CC1)COC2. The molecule has 0 saturated carbocycles. The van der Waals surface area contributed by atoms with Crippen molar-refractivity contribution < 1.29 is 28.5 Å². The van der Waals surface area contributed by atoms with E-state index in [-0.39, 0.29) is 12.5 Å². The molecular formula is C35H46N4O6. The Morgan fingerprint density at radius 1 is 1.07 bits per heavy atom. The number of amides is 1. The van der Waals surface area contributed by atoms with Crippen molar-refractivity contribution in [3.63, 3.8) is 0 Å². The molecule has 1 aromatic carbocycles. The maximum atomic E-state index is 12.7. The molecule has 10 nitrogen and oxygen atoms in total. The molecule has 6 rings (SSSR count). The Morgan fingerprint density at radius 3 is 2.49 bits per heavy atom. The number of ether oxygens (including phenoxy) is 5. The maximum absolute atomic E-state index is 12.7. The molecule has 0 unspecified atom stereocenters. The molecule has 0 radical (unpaired) electrons. The van der Waals surface area contributed by atoms with Crippen LogP contribution >= 0.6 is 0 Å². The lowest BCUT2D eigenvalue weighted by Crippen LogP contribution is -2.52. The first-order chi connectivity index (χ1) is 21.6. The first kappa shape index (κ1) is 32.5. The van der Waals surface area contributed by atoms with E-state index in [0.29, 0.717) is 45.8 Å². The van der Waals surface area contributed by atoms with Crippen LogP contribution in [0, 0.1) is 17.8 Å². The minimum Gasteiger partial charge on any atom is -0.493 e. The topological polar surface area (TPSA) is 108 Å². The van der Waals surface area contributed by atoms with Gasteiger partial charge in [-0.2, -0.15) is 0 Å². The molecule has 2 saturated heterocycles. The molecule has 242 valence electrons. The Kier molecular flexibility index (Phi) is 10.1. The molecule has 0 aliphatic carbocycles. The summed E-state index contributed by atoms with van der Waals surface area (Å²) in [7, 11) is 3.34. The minimum atomic E-state index is 0.117. The average Bonchev–Trinajstić information content (AvgIpc) is 3.39. The molecule has 3 aromatic heterocycles. The van der Waals surface area contributed by atoms with E-state index < -0.39 is 0 Å². The number of carbonyl (C=O) groups excluding carboxylic acids is 1. The van der Waals surface area contributed by atoms with Crippen LogP contribution in [0.5, 0.6) is 23.0 Å². The van der Waals surface area contributed by atoms with E-state index >= 15 is 0 Å². The summed E-state index contributed by atoms with van der Waals surface area (Å²) in [5, 5.41) is 1.77. The number of hydrogen-bond acceptors (Lipinski definition) is 8. The predicted octanol–water partition coefficient (Wildman–Crippen LogP) is 6.70. The lowest BCUT2D eigenvalue weighted by atomic mass is 9.77. The number of rotatable bonds is 10. The fraction of sp³-hybridized carbons (Fsp3) is 0.514. The molecule has 1 N–H and O–H groups in total. The fourth-order valence-electron chi connectivity index (χ4n) is 5.61. The first-order valence-corrected chi connectivity index (χ1v) is 15.7. The van der Waals surface area contributed by atoms with Gasteiger partial charge in [0.1, 0.15) is 17.1 Å². The summed E-state index contributed by atoms with van der Waals surface area (Å²) in [6.07, 6.45) is 6.92. The number of aromatic nitrogens is 3. The normalized spacial score (nSPS) is 15.8. The van der Waals surface area contributed by atoms with E-state index in [9.17, 15) is 4.79 Å². The van der Waals surface area contributed by atoms with Gasteiger partial charge in [0, 0.05) is 54.3 Å². The standard InChI is InChI=1S/C28H30N4O5.C7H16O/c1-18-11-19-12-20(15-30-27(19)31-18)37-23-3-7-29-22-14-25(24(34-2)13-21(22)23)36-10-4-26(33)32-8-5-28(6-9-32)16-35-17-28;1-5-7(2,3)6-8-4/h3,7,11-15H,4-6,8-10,16-17H2,1-2H3,(H,30,31);5-6H2,1-4H3. The van der Waals surface area contributed by atoms with E-state index in [1.54, 1.807) is 26.6 Å². The lowest BCUT2D eigenvalue weighted by molar-refractivity contribution is -0.153. The minimum absolute atomic E-state index is 0.117. The Hall–Kier alpha value is -3.89. The third-order valence-electron chi connectivity index (χ3n) is 8.85. The Bertz CT molecular complexity index is 1600. The van der Waals surface area contributed by atoms with Gasteiger partial charge in [-0.25, -0.2) is 4.98 Å². The van der Waals surface area contributed by atoms with Gasteiger partial charge in [0.05, 0.1) is 51.7 Å². The molecule has 2 fully saturated rings. The molecule has 1 spiro atoms. The summed E-state index contributed by atoms with van der Waals surface area (Å²) in [5.74, 6) is 2.48. The summed E-state index contributed by atoms with van der Waals surface area (Å²) >= 11 is 0. The number of aryl methyl sites for hydroxylation is 1. The van der Waals surface area contributed by atoms with Crippen molar-refractivity contribution in [1.82, 2.24) is 19.9 Å². The molecule has 45 heavy (non-hydrogen) atoms. The summed E-state index contributed by atoms with van der Waals surface area (Å²) < 4.78 is 28.2. The zero-order valence-electron chi connectivity index (χ0n) is 27.4. The van der Waals surface area contributed by atoms with Crippen molar-refractivity contribution in [2.45, 2.75) is 53.4 Å². The fourth-order valence-corrected chi connectivity index (χ4v) is 5.61. The number of benzene rings is 1. The van der Waals surface area contributed by atoms with Gasteiger partial charge in [-0.15, -0.1) is 0 Å². The van der Waals surface area contributed by atoms with E-state index in [1.165, 1.54) is 6.42 Å². The zero-order valence-corrected chi connectivity index (χ0v) is 27.4. The van der Waals surface area contributed by atoms with Crippen molar-refractivity contribution in [3.05, 3.63) is 48.4 Å². The number of likely N-dealkylation sites (tertiary alicyclic amines) is 1. The second-order valence-corrected chi connectivity index (χ2v) is 12.9. The number of nitrogens with one attached hydrogen (secondary N) is 1. The number of methoxy groups -OCH3 is 2. The van der Waals surface area contributed by atoms with Crippen molar-refractivity contribution in [1.29, 1.82) is 0 Å². The van der Waals surface area contributed by atoms with Gasteiger partial charge in [0.2, 0.25) is 5.91 Å². The van der Waals surface area contributed by atoms with Gasteiger partial charge in [-0.3, -0.25) is 9.78 Å². The van der Waals surface area contributed by atoms with Crippen molar-refractivity contribution in [2.24, 2.45) is 10.8 Å². The smallest absolute Gasteiger partial charge is 0.225 e. The molecule has 10 heteroatoms. The van der Waals surface area contributed by atoms with Crippen LogP contribution in [0.25, 0.3) is 21.9 Å². The number of pyridine rings is 2. The predicted molar refractivity (Wildman–Crippen MR) is 174 cm³/mol. The highest BCUT2D eigenvalue weighted by Crippen LogP contribution is 2.39. The Labute approximate surface area is 265 Å². The van der Waals surface area contributed by atoms with Crippen molar-refractivity contribution >= 4 is 27.8 Å². The number of aromatic amines is 1. The number of H-pyrrole nitrogens is 1. The highest BCUT2D eigenvalue weighted by molar-refractivity contribution is 5.88. The Balaban J connectivity index is 0.000000444. The van der Waals surface area contributed by atoms with Crippen LogP contribution in [0.1, 0.15) is 52.1 Å². The second kappa shape index (κ2) is 14.0. The van der Waals surface area contributed by atoms with Crippen molar-refractivity contribution in [2.75, 3.05) is 53.7 Å². The summed E-state index contributed by atoms with van der Waals surface area (Å²) in [5.41, 5.74) is 3.25. The highest BCUT2D eigenvalue weighted by Gasteiger charge is 2.41. The highest BCUT2D eigenvalue weighted by atomic mass is 16.5. The third kappa shape index (κ3) is 7.86. The van der Waals surface area contributed by atoms with Gasteiger partial charge in [0.25, 0.3) is 0 Å². The molecule has 4 aromatic rings. The molecule has 0 atom stereocenters. The zero-order chi connectivity index (χ0) is 32.0. The number of piperidine rings is 1.